The Morgan fingerprint density at radius 2 is 2.08 bits per heavy atom. The topological polar surface area (TPSA) is 33.1 Å². The van der Waals surface area contributed by atoms with Crippen molar-refractivity contribution in [1.29, 1.82) is 0 Å². The van der Waals surface area contributed by atoms with Crippen LogP contribution >= 0.6 is 0 Å². The van der Waals surface area contributed by atoms with Crippen LogP contribution in [-0.4, -0.2) is 40.9 Å². The number of nitrogens with zero attached hydrogens (tertiary/aromatic N) is 3. The smallest absolute Gasteiger partial charge is 0.133 e. The van der Waals surface area contributed by atoms with Gasteiger partial charge in [0.15, 0.2) is 0 Å². The molecule has 26 heavy (non-hydrogen) atoms. The number of aromatic nitrogens is 2. The van der Waals surface area contributed by atoms with Gasteiger partial charge in [0.25, 0.3) is 0 Å². The minimum Gasteiger partial charge on any atom is -0.370 e. The largest absolute Gasteiger partial charge is 0.370 e. The highest BCUT2D eigenvalue weighted by atomic mass is 15.3. The third-order valence-corrected chi connectivity index (χ3v) is 6.09. The van der Waals surface area contributed by atoms with Crippen LogP contribution in [0.25, 0.3) is 5.69 Å². The van der Waals surface area contributed by atoms with Crippen molar-refractivity contribution in [1.82, 2.24) is 14.7 Å². The van der Waals surface area contributed by atoms with Gasteiger partial charge in [0, 0.05) is 24.6 Å². The van der Waals surface area contributed by atoms with Gasteiger partial charge in [-0.25, -0.2) is 4.68 Å². The van der Waals surface area contributed by atoms with Gasteiger partial charge in [0.1, 0.15) is 5.82 Å². The zero-order valence-electron chi connectivity index (χ0n) is 16.5. The lowest BCUT2D eigenvalue weighted by atomic mass is 9.91. The summed E-state index contributed by atoms with van der Waals surface area (Å²) in [7, 11) is 0. The first-order chi connectivity index (χ1) is 12.7. The molecule has 3 heterocycles. The molecule has 1 saturated heterocycles. The normalized spacial score (nSPS) is 21.1. The molecule has 2 aliphatic rings. The van der Waals surface area contributed by atoms with Crippen molar-refractivity contribution >= 4 is 5.82 Å². The molecule has 0 bridgehead atoms. The van der Waals surface area contributed by atoms with Gasteiger partial charge in [-0.05, 0) is 76.2 Å². The summed E-state index contributed by atoms with van der Waals surface area (Å²) in [5.41, 5.74) is 6.64. The van der Waals surface area contributed by atoms with E-state index in [1.165, 1.54) is 66.1 Å². The average molecular weight is 353 g/mol. The van der Waals surface area contributed by atoms with E-state index in [9.17, 15) is 0 Å². The van der Waals surface area contributed by atoms with E-state index >= 15 is 0 Å². The second kappa shape index (κ2) is 7.43. The van der Waals surface area contributed by atoms with E-state index in [-0.39, 0.29) is 0 Å². The molecule has 1 aromatic heterocycles. The molecule has 1 fully saturated rings. The molecule has 2 aliphatic heterocycles. The van der Waals surface area contributed by atoms with Crippen LogP contribution in [0.3, 0.4) is 0 Å². The average Bonchev–Trinajstić information content (AvgIpc) is 2.84. The van der Waals surface area contributed by atoms with Gasteiger partial charge in [-0.1, -0.05) is 19.1 Å². The van der Waals surface area contributed by atoms with Crippen molar-refractivity contribution < 1.29 is 0 Å². The lowest BCUT2D eigenvalue weighted by Crippen LogP contribution is -2.34. The van der Waals surface area contributed by atoms with Gasteiger partial charge in [-0.15, -0.1) is 0 Å². The molecule has 1 unspecified atom stereocenters. The number of nitrogens with one attached hydrogen (secondary N) is 1. The molecular weight excluding hydrogens is 320 g/mol. The molecule has 140 valence electrons. The van der Waals surface area contributed by atoms with Crippen LogP contribution < -0.4 is 5.32 Å². The van der Waals surface area contributed by atoms with E-state index in [2.05, 4.69) is 53.9 Å². The van der Waals surface area contributed by atoms with E-state index in [1.807, 2.05) is 0 Å². The van der Waals surface area contributed by atoms with Crippen LogP contribution in [0.1, 0.15) is 60.9 Å². The van der Waals surface area contributed by atoms with E-state index in [4.69, 9.17) is 5.10 Å². The summed E-state index contributed by atoms with van der Waals surface area (Å²) in [4.78, 5) is 2.58. The zero-order chi connectivity index (χ0) is 18.1. The molecule has 0 saturated carbocycles. The molecule has 0 aliphatic carbocycles. The Hall–Kier alpha value is -1.81. The zero-order valence-corrected chi connectivity index (χ0v) is 16.5. The van der Waals surface area contributed by atoms with Crippen molar-refractivity contribution in [2.24, 2.45) is 0 Å². The Balaban J connectivity index is 1.80. The number of rotatable bonds is 3. The van der Waals surface area contributed by atoms with Gasteiger partial charge in [-0.2, -0.15) is 5.10 Å². The van der Waals surface area contributed by atoms with Crippen LogP contribution in [0.2, 0.25) is 0 Å². The Morgan fingerprint density at radius 3 is 2.92 bits per heavy atom. The number of piperidine rings is 1. The number of likely N-dealkylation sites (tertiary alicyclic amines) is 1. The maximum Gasteiger partial charge on any atom is 0.133 e. The van der Waals surface area contributed by atoms with Gasteiger partial charge >= 0.3 is 0 Å². The van der Waals surface area contributed by atoms with E-state index in [0.717, 1.165) is 26.1 Å². The summed E-state index contributed by atoms with van der Waals surface area (Å²) < 4.78 is 2.21. The van der Waals surface area contributed by atoms with Crippen LogP contribution in [0.15, 0.2) is 18.2 Å². The molecule has 4 rings (SSSR count). The molecule has 1 N–H and O–H groups in total. The molecule has 4 heteroatoms. The van der Waals surface area contributed by atoms with E-state index in [0.29, 0.717) is 5.92 Å². The molecule has 0 amide bonds. The fraction of sp³-hybridized carbons (Fsp3) is 0.591. The fourth-order valence-corrected chi connectivity index (χ4v) is 4.54. The maximum atomic E-state index is 5.23. The summed E-state index contributed by atoms with van der Waals surface area (Å²) in [5.74, 6) is 1.82. The van der Waals surface area contributed by atoms with Gasteiger partial charge in [-0.3, -0.25) is 0 Å². The predicted octanol–water partition coefficient (Wildman–Crippen LogP) is 4.44. The van der Waals surface area contributed by atoms with Crippen molar-refractivity contribution in [3.05, 3.63) is 40.6 Å². The summed E-state index contributed by atoms with van der Waals surface area (Å²) in [6, 6.07) is 6.68. The van der Waals surface area contributed by atoms with Crippen molar-refractivity contribution in [2.75, 3.05) is 31.5 Å². The molecule has 2 aromatic rings. The minimum atomic E-state index is 0.573. The molecule has 1 aromatic carbocycles. The number of likely N-dealkylation sites (N-methyl/N-ethyl adjacent to an activating group) is 1. The first-order valence-corrected chi connectivity index (χ1v) is 10.3. The summed E-state index contributed by atoms with van der Waals surface area (Å²) >= 11 is 0. The van der Waals surface area contributed by atoms with Crippen LogP contribution in [0.4, 0.5) is 5.82 Å². The van der Waals surface area contributed by atoms with Crippen molar-refractivity contribution in [2.45, 2.75) is 58.8 Å². The first kappa shape index (κ1) is 17.6. The van der Waals surface area contributed by atoms with E-state index < -0.39 is 0 Å². The fourth-order valence-electron chi connectivity index (χ4n) is 4.54. The predicted molar refractivity (Wildman–Crippen MR) is 109 cm³/mol. The van der Waals surface area contributed by atoms with Crippen LogP contribution in [0, 0.1) is 13.8 Å². The second-order valence-corrected chi connectivity index (χ2v) is 8.03. The summed E-state index contributed by atoms with van der Waals surface area (Å²) in [6.45, 7) is 11.2. The number of hydrogen-bond donors (Lipinski definition) is 1. The summed E-state index contributed by atoms with van der Waals surface area (Å²) in [6.07, 6.45) is 6.22. The van der Waals surface area contributed by atoms with Gasteiger partial charge < -0.3 is 10.2 Å². The molecular formula is C22H32N4. The Labute approximate surface area is 157 Å². The Kier molecular flexibility index (Phi) is 5.03. The Morgan fingerprint density at radius 1 is 1.19 bits per heavy atom. The van der Waals surface area contributed by atoms with Crippen molar-refractivity contribution in [3.63, 3.8) is 0 Å². The lowest BCUT2D eigenvalue weighted by Gasteiger charge is -2.31. The minimum absolute atomic E-state index is 0.573. The number of anilines is 1. The van der Waals surface area contributed by atoms with Crippen LogP contribution in [0.5, 0.6) is 0 Å². The SMILES string of the molecule is CCN1CCCC(c2nn(-c3cc(C)ccc3C)c3c2CCCCN3)C1. The number of benzene rings is 1. The molecule has 0 radical (unpaired) electrons. The lowest BCUT2D eigenvalue weighted by molar-refractivity contribution is 0.215. The number of fused-ring (bicyclic) bond motifs is 1. The second-order valence-electron chi connectivity index (χ2n) is 8.03. The molecule has 0 spiro atoms. The Bertz CT molecular complexity index is 777. The first-order valence-electron chi connectivity index (χ1n) is 10.3. The number of aryl methyl sites for hydroxylation is 2. The summed E-state index contributed by atoms with van der Waals surface area (Å²) in [5, 5.41) is 8.94. The van der Waals surface area contributed by atoms with Gasteiger partial charge in [0.05, 0.1) is 11.4 Å². The monoisotopic (exact) mass is 352 g/mol. The third kappa shape index (κ3) is 3.27. The molecule has 1 atom stereocenters. The highest BCUT2D eigenvalue weighted by Gasteiger charge is 2.29. The highest BCUT2D eigenvalue weighted by Crippen LogP contribution is 2.36. The molecule has 4 nitrogen and oxygen atoms in total. The van der Waals surface area contributed by atoms with Crippen molar-refractivity contribution in [3.8, 4) is 5.69 Å². The van der Waals surface area contributed by atoms with Crippen LogP contribution in [-0.2, 0) is 6.42 Å². The van der Waals surface area contributed by atoms with E-state index in [1.54, 1.807) is 0 Å². The maximum absolute atomic E-state index is 5.23. The standard InChI is InChI=1S/C22H32N4/c1-4-25-13-7-8-18(15-25)21-19-9-5-6-12-23-22(19)26(24-21)20-14-16(2)10-11-17(20)3/h10-11,14,18,23H,4-9,12-13,15H2,1-3H3. The number of hydrogen-bond acceptors (Lipinski definition) is 3. The van der Waals surface area contributed by atoms with Gasteiger partial charge in [0.2, 0.25) is 0 Å². The third-order valence-electron chi connectivity index (χ3n) is 6.09. The highest BCUT2D eigenvalue weighted by molar-refractivity contribution is 5.57. The quantitative estimate of drug-likeness (QED) is 0.887.